The molecule has 1 aromatic carbocycles. The molecule has 1 aromatic rings. The van der Waals surface area contributed by atoms with E-state index in [2.05, 4.69) is 5.32 Å². The van der Waals surface area contributed by atoms with Crippen LogP contribution in [0.25, 0.3) is 0 Å². The molecule has 0 spiro atoms. The fourth-order valence-corrected chi connectivity index (χ4v) is 4.03. The Morgan fingerprint density at radius 2 is 2.00 bits per heavy atom. The van der Waals surface area contributed by atoms with E-state index in [1.165, 1.54) is 16.4 Å². The lowest BCUT2D eigenvalue weighted by Gasteiger charge is -2.20. The van der Waals surface area contributed by atoms with E-state index in [9.17, 15) is 18.0 Å². The molecule has 1 saturated heterocycles. The molecule has 0 bridgehead atoms. The van der Waals surface area contributed by atoms with E-state index in [4.69, 9.17) is 5.11 Å². The second-order valence-electron chi connectivity index (χ2n) is 5.83. The van der Waals surface area contributed by atoms with Crippen LogP contribution in [0.5, 0.6) is 0 Å². The zero-order chi connectivity index (χ0) is 17.2. The minimum atomic E-state index is -3.33. The number of carboxylic acids is 1. The highest BCUT2D eigenvalue weighted by Gasteiger charge is 2.29. The van der Waals surface area contributed by atoms with Gasteiger partial charge < -0.3 is 10.4 Å². The number of nitrogens with one attached hydrogen (secondary N) is 1. The molecule has 1 fully saturated rings. The number of aliphatic carboxylic acids is 1. The normalized spacial score (nSPS) is 18.0. The molecule has 1 heterocycles. The van der Waals surface area contributed by atoms with Gasteiger partial charge in [-0.15, -0.1) is 0 Å². The van der Waals surface area contributed by atoms with Gasteiger partial charge in [0.25, 0.3) is 5.91 Å². The first-order valence-electron chi connectivity index (χ1n) is 7.36. The average Bonchev–Trinajstić information content (AvgIpc) is 2.83. The van der Waals surface area contributed by atoms with E-state index in [0.29, 0.717) is 18.7 Å². The summed E-state index contributed by atoms with van der Waals surface area (Å²) in [6.07, 6.45) is 0.549. The number of hydrogen-bond acceptors (Lipinski definition) is 4. The molecule has 23 heavy (non-hydrogen) atoms. The Bertz CT molecular complexity index is 714. The monoisotopic (exact) mass is 340 g/mol. The number of amides is 1. The van der Waals surface area contributed by atoms with Crippen molar-refractivity contribution in [2.45, 2.75) is 26.3 Å². The summed E-state index contributed by atoms with van der Waals surface area (Å²) in [6, 6.07) is 5.21. The van der Waals surface area contributed by atoms with Crippen LogP contribution in [0.15, 0.2) is 24.3 Å². The summed E-state index contributed by atoms with van der Waals surface area (Å²) in [7, 11) is -3.33. The summed E-state index contributed by atoms with van der Waals surface area (Å²) < 4.78 is 25.2. The second kappa shape index (κ2) is 6.57. The number of nitrogens with zero attached hydrogens (tertiary/aromatic N) is 1. The third kappa shape index (κ3) is 3.82. The minimum absolute atomic E-state index is 0.0951. The first-order chi connectivity index (χ1) is 10.7. The van der Waals surface area contributed by atoms with Crippen LogP contribution < -0.4 is 9.62 Å². The molecular weight excluding hydrogens is 320 g/mol. The van der Waals surface area contributed by atoms with Crippen LogP contribution in [0.3, 0.4) is 0 Å². The van der Waals surface area contributed by atoms with Gasteiger partial charge in [-0.25, -0.2) is 13.2 Å². The fraction of sp³-hybridized carbons (Fsp3) is 0.467. The standard InChI is InChI=1S/C15H20N2O5S/c1-10(2)13(15(19)20)16-14(18)11-5-3-6-12(9-11)17-7-4-8-23(17,21)22/h3,5-6,9-10,13H,4,7-8H2,1-2H3,(H,16,18)(H,19,20)/t13-/m0/s1. The highest BCUT2D eigenvalue weighted by Crippen LogP contribution is 2.24. The predicted molar refractivity (Wildman–Crippen MR) is 85.9 cm³/mol. The van der Waals surface area contributed by atoms with Gasteiger partial charge in [-0.3, -0.25) is 9.10 Å². The Morgan fingerprint density at radius 3 is 2.52 bits per heavy atom. The van der Waals surface area contributed by atoms with Crippen LogP contribution in [0.4, 0.5) is 5.69 Å². The van der Waals surface area contributed by atoms with Crippen molar-refractivity contribution < 1.29 is 23.1 Å². The van der Waals surface area contributed by atoms with Crippen molar-refractivity contribution >= 4 is 27.6 Å². The topological polar surface area (TPSA) is 104 Å². The molecule has 0 unspecified atom stereocenters. The van der Waals surface area contributed by atoms with Gasteiger partial charge in [0, 0.05) is 12.1 Å². The summed E-state index contributed by atoms with van der Waals surface area (Å²) >= 11 is 0. The van der Waals surface area contributed by atoms with Crippen LogP contribution in [0.2, 0.25) is 0 Å². The Labute approximate surface area is 135 Å². The molecule has 1 aliphatic rings. The Hall–Kier alpha value is -2.09. The van der Waals surface area contributed by atoms with Crippen molar-refractivity contribution in [3.63, 3.8) is 0 Å². The van der Waals surface area contributed by atoms with E-state index >= 15 is 0 Å². The predicted octanol–water partition coefficient (Wildman–Crippen LogP) is 1.07. The van der Waals surface area contributed by atoms with Crippen molar-refractivity contribution in [1.29, 1.82) is 0 Å². The number of hydrogen-bond donors (Lipinski definition) is 2. The Morgan fingerprint density at radius 1 is 1.30 bits per heavy atom. The molecule has 0 aromatic heterocycles. The summed E-state index contributed by atoms with van der Waals surface area (Å²) in [4.78, 5) is 23.4. The summed E-state index contributed by atoms with van der Waals surface area (Å²) in [5.41, 5.74) is 0.656. The average molecular weight is 340 g/mol. The maximum atomic E-state index is 12.3. The highest BCUT2D eigenvalue weighted by molar-refractivity contribution is 7.93. The van der Waals surface area contributed by atoms with E-state index in [-0.39, 0.29) is 17.2 Å². The molecule has 0 saturated carbocycles. The molecule has 1 amide bonds. The zero-order valence-corrected chi connectivity index (χ0v) is 13.8. The molecule has 2 N–H and O–H groups in total. The molecule has 0 radical (unpaired) electrons. The number of carbonyl (C=O) groups is 2. The molecule has 1 atom stereocenters. The number of sulfonamides is 1. The number of carboxylic acid groups (broad SMARTS) is 1. The molecular formula is C15H20N2O5S. The van der Waals surface area contributed by atoms with Crippen molar-refractivity contribution in [3.8, 4) is 0 Å². The van der Waals surface area contributed by atoms with Crippen LogP contribution in [-0.2, 0) is 14.8 Å². The van der Waals surface area contributed by atoms with Gasteiger partial charge in [-0.1, -0.05) is 19.9 Å². The van der Waals surface area contributed by atoms with Gasteiger partial charge >= 0.3 is 5.97 Å². The quantitative estimate of drug-likeness (QED) is 0.834. The second-order valence-corrected chi connectivity index (χ2v) is 7.84. The van der Waals surface area contributed by atoms with Crippen LogP contribution in [-0.4, -0.2) is 43.7 Å². The third-order valence-electron chi connectivity index (χ3n) is 3.71. The lowest BCUT2D eigenvalue weighted by atomic mass is 10.0. The van der Waals surface area contributed by atoms with Gasteiger partial charge in [0.2, 0.25) is 10.0 Å². The lowest BCUT2D eigenvalue weighted by Crippen LogP contribution is -2.44. The van der Waals surface area contributed by atoms with E-state index in [1.807, 2.05) is 0 Å². The first kappa shape index (κ1) is 17.3. The van der Waals surface area contributed by atoms with Crippen LogP contribution in [0.1, 0.15) is 30.6 Å². The Balaban J connectivity index is 2.23. The van der Waals surface area contributed by atoms with E-state index in [1.54, 1.807) is 26.0 Å². The minimum Gasteiger partial charge on any atom is -0.480 e. The fourth-order valence-electron chi connectivity index (χ4n) is 2.47. The number of rotatable bonds is 5. The molecule has 1 aliphatic heterocycles. The molecule has 8 heteroatoms. The summed E-state index contributed by atoms with van der Waals surface area (Å²) in [5.74, 6) is -1.81. The molecule has 0 aliphatic carbocycles. The SMILES string of the molecule is CC(C)[C@H](NC(=O)c1cccc(N2CCCS2(=O)=O)c1)C(=O)O. The smallest absolute Gasteiger partial charge is 0.326 e. The van der Waals surface area contributed by atoms with Crippen molar-refractivity contribution in [2.75, 3.05) is 16.6 Å². The van der Waals surface area contributed by atoms with E-state index < -0.39 is 27.9 Å². The number of benzene rings is 1. The Kier molecular flexibility index (Phi) is 4.93. The number of anilines is 1. The lowest BCUT2D eigenvalue weighted by molar-refractivity contribution is -0.140. The molecule has 7 nitrogen and oxygen atoms in total. The van der Waals surface area contributed by atoms with Gasteiger partial charge in [0.15, 0.2) is 0 Å². The van der Waals surface area contributed by atoms with Crippen molar-refractivity contribution in [1.82, 2.24) is 5.32 Å². The summed E-state index contributed by atoms with van der Waals surface area (Å²) in [6.45, 7) is 3.79. The van der Waals surface area contributed by atoms with Crippen LogP contribution >= 0.6 is 0 Å². The third-order valence-corrected chi connectivity index (χ3v) is 5.58. The molecule has 2 rings (SSSR count). The molecule has 126 valence electrons. The zero-order valence-electron chi connectivity index (χ0n) is 13.0. The largest absolute Gasteiger partial charge is 0.480 e. The van der Waals surface area contributed by atoms with Crippen LogP contribution in [0, 0.1) is 5.92 Å². The summed E-state index contributed by atoms with van der Waals surface area (Å²) in [5, 5.41) is 11.6. The van der Waals surface area contributed by atoms with Gasteiger partial charge in [0.05, 0.1) is 11.4 Å². The maximum Gasteiger partial charge on any atom is 0.326 e. The van der Waals surface area contributed by atoms with Crippen molar-refractivity contribution in [2.24, 2.45) is 5.92 Å². The number of carbonyl (C=O) groups excluding carboxylic acids is 1. The van der Waals surface area contributed by atoms with Gasteiger partial charge in [-0.2, -0.15) is 0 Å². The highest BCUT2D eigenvalue weighted by atomic mass is 32.2. The van der Waals surface area contributed by atoms with Gasteiger partial charge in [0.1, 0.15) is 6.04 Å². The van der Waals surface area contributed by atoms with E-state index in [0.717, 1.165) is 0 Å². The van der Waals surface area contributed by atoms with Gasteiger partial charge in [-0.05, 0) is 30.5 Å². The van der Waals surface area contributed by atoms with Crippen molar-refractivity contribution in [3.05, 3.63) is 29.8 Å². The maximum absolute atomic E-state index is 12.3. The first-order valence-corrected chi connectivity index (χ1v) is 8.97.